The highest BCUT2D eigenvalue weighted by molar-refractivity contribution is 5.97. The van der Waals surface area contributed by atoms with Gasteiger partial charge in [0, 0.05) is 23.5 Å². The minimum atomic E-state index is -1.72. The van der Waals surface area contributed by atoms with Crippen molar-refractivity contribution in [2.24, 2.45) is 11.5 Å². The number of hydrogen-bond donors (Lipinski definition) is 10. The quantitative estimate of drug-likeness (QED) is 0.0858. The van der Waals surface area contributed by atoms with Gasteiger partial charge in [-0.3, -0.25) is 33.6 Å². The number of carbonyl (C=O) groups excluding carboxylic acids is 5. The van der Waals surface area contributed by atoms with Crippen LogP contribution in [0.3, 0.4) is 0 Å². The van der Waals surface area contributed by atoms with Crippen LogP contribution in [0.15, 0.2) is 30.5 Å². The monoisotopic (exact) mass is 591 g/mol. The minimum absolute atomic E-state index is 0.0793. The fourth-order valence-corrected chi connectivity index (χ4v) is 3.88. The molecule has 0 spiro atoms. The molecule has 0 unspecified atom stereocenters. The first kappa shape index (κ1) is 33.2. The number of nitrogens with two attached hydrogens (primary N) is 2. The lowest BCUT2D eigenvalue weighted by Gasteiger charge is -2.24. The molecule has 17 heteroatoms. The lowest BCUT2D eigenvalue weighted by atomic mass is 10.0. The van der Waals surface area contributed by atoms with Crippen LogP contribution in [-0.4, -0.2) is 99.1 Å². The Kier molecular flexibility index (Phi) is 12.4. The molecule has 0 saturated heterocycles. The van der Waals surface area contributed by atoms with Gasteiger partial charge in [-0.15, -0.1) is 0 Å². The SMILES string of the molecule is NC(=O)C[C@@H](NC(=O)[C@H](CO)NC(=O)[C@H](CCC(=O)O)NC(=O)[C@@H](N)Cc1c[nH]c2ccccc12)C(=O)NCC(=O)O. The van der Waals surface area contributed by atoms with Gasteiger partial charge < -0.3 is 53.0 Å². The van der Waals surface area contributed by atoms with Crippen molar-refractivity contribution in [1.29, 1.82) is 0 Å². The van der Waals surface area contributed by atoms with Crippen molar-refractivity contribution in [3.63, 3.8) is 0 Å². The topological polar surface area (TPSA) is 296 Å². The number of aliphatic hydroxyl groups is 1. The number of para-hydroxylation sites is 1. The predicted molar refractivity (Wildman–Crippen MR) is 144 cm³/mol. The summed E-state index contributed by atoms with van der Waals surface area (Å²) in [5.74, 6) is -7.74. The van der Waals surface area contributed by atoms with Crippen molar-refractivity contribution >= 4 is 52.4 Å². The molecule has 2 aromatic rings. The molecule has 228 valence electrons. The summed E-state index contributed by atoms with van der Waals surface area (Å²) in [6, 6.07) is 1.33. The van der Waals surface area contributed by atoms with Crippen molar-refractivity contribution in [2.45, 2.75) is 49.9 Å². The summed E-state index contributed by atoms with van der Waals surface area (Å²) < 4.78 is 0. The third kappa shape index (κ3) is 10.2. The van der Waals surface area contributed by atoms with Gasteiger partial charge in [-0.05, 0) is 24.5 Å². The normalized spacial score (nSPS) is 13.7. The van der Waals surface area contributed by atoms with Crippen molar-refractivity contribution in [3.8, 4) is 0 Å². The highest BCUT2D eigenvalue weighted by Gasteiger charge is 2.31. The number of fused-ring (bicyclic) bond motifs is 1. The van der Waals surface area contributed by atoms with Crippen LogP contribution >= 0.6 is 0 Å². The van der Waals surface area contributed by atoms with E-state index in [1.807, 2.05) is 29.6 Å². The number of aromatic nitrogens is 1. The molecule has 0 fully saturated rings. The zero-order valence-corrected chi connectivity index (χ0v) is 22.3. The summed E-state index contributed by atoms with van der Waals surface area (Å²) in [7, 11) is 0. The maximum absolute atomic E-state index is 13.0. The van der Waals surface area contributed by atoms with E-state index in [4.69, 9.17) is 21.7 Å². The number of nitrogens with one attached hydrogen (secondary N) is 5. The fraction of sp³-hybridized carbons (Fsp3) is 0.400. The number of rotatable bonds is 17. The number of aliphatic carboxylic acids is 2. The molecule has 0 aliphatic carbocycles. The summed E-state index contributed by atoms with van der Waals surface area (Å²) in [6.45, 7) is -1.82. The average molecular weight is 592 g/mol. The zero-order chi connectivity index (χ0) is 31.4. The van der Waals surface area contributed by atoms with E-state index < -0.39 is 98.1 Å². The Morgan fingerprint density at radius 1 is 0.833 bits per heavy atom. The molecule has 0 bridgehead atoms. The van der Waals surface area contributed by atoms with Crippen LogP contribution in [0.1, 0.15) is 24.8 Å². The number of primary amides is 1. The number of amides is 5. The Hall–Kier alpha value is -5.03. The second kappa shape index (κ2) is 15.7. The van der Waals surface area contributed by atoms with Crippen molar-refractivity contribution in [3.05, 3.63) is 36.0 Å². The second-order valence-corrected chi connectivity index (χ2v) is 9.25. The van der Waals surface area contributed by atoms with Gasteiger partial charge in [-0.2, -0.15) is 0 Å². The Morgan fingerprint density at radius 3 is 2.07 bits per heavy atom. The lowest BCUT2D eigenvalue weighted by molar-refractivity contribution is -0.139. The molecule has 0 saturated carbocycles. The van der Waals surface area contributed by atoms with Crippen LogP contribution in [0.5, 0.6) is 0 Å². The van der Waals surface area contributed by atoms with E-state index in [-0.39, 0.29) is 6.42 Å². The molecule has 4 atom stereocenters. The largest absolute Gasteiger partial charge is 0.481 e. The average Bonchev–Trinajstić information content (AvgIpc) is 3.33. The van der Waals surface area contributed by atoms with Gasteiger partial charge in [0.2, 0.25) is 29.5 Å². The first-order valence-corrected chi connectivity index (χ1v) is 12.6. The zero-order valence-electron chi connectivity index (χ0n) is 22.3. The molecule has 0 aliphatic rings. The van der Waals surface area contributed by atoms with E-state index in [2.05, 4.69) is 20.9 Å². The summed E-state index contributed by atoms with van der Waals surface area (Å²) >= 11 is 0. The molecule has 1 heterocycles. The number of H-pyrrole nitrogens is 1. The van der Waals surface area contributed by atoms with Crippen LogP contribution in [0.2, 0.25) is 0 Å². The first-order valence-electron chi connectivity index (χ1n) is 12.6. The number of hydrogen-bond acceptors (Lipinski definition) is 9. The molecule has 42 heavy (non-hydrogen) atoms. The van der Waals surface area contributed by atoms with Gasteiger partial charge in [-0.1, -0.05) is 18.2 Å². The summed E-state index contributed by atoms with van der Waals surface area (Å²) in [6.07, 6.45) is 0.0973. The number of aromatic amines is 1. The van der Waals surface area contributed by atoms with Crippen LogP contribution in [0.4, 0.5) is 0 Å². The minimum Gasteiger partial charge on any atom is -0.481 e. The number of carbonyl (C=O) groups is 7. The lowest BCUT2D eigenvalue weighted by Crippen LogP contribution is -2.59. The van der Waals surface area contributed by atoms with Gasteiger partial charge in [0.15, 0.2) is 0 Å². The number of aliphatic hydroxyl groups excluding tert-OH is 1. The van der Waals surface area contributed by atoms with E-state index >= 15 is 0 Å². The molecule has 5 amide bonds. The Bertz CT molecular complexity index is 1330. The molecule has 1 aromatic carbocycles. The van der Waals surface area contributed by atoms with Crippen LogP contribution in [-0.2, 0) is 40.0 Å². The molecule has 17 nitrogen and oxygen atoms in total. The smallest absolute Gasteiger partial charge is 0.322 e. The summed E-state index contributed by atoms with van der Waals surface area (Å²) in [5, 5.41) is 36.9. The third-order valence-corrected chi connectivity index (χ3v) is 6.00. The van der Waals surface area contributed by atoms with Crippen LogP contribution < -0.4 is 32.7 Å². The number of carboxylic acids is 2. The fourth-order valence-electron chi connectivity index (χ4n) is 3.88. The van der Waals surface area contributed by atoms with Crippen LogP contribution in [0.25, 0.3) is 10.9 Å². The molecule has 12 N–H and O–H groups in total. The van der Waals surface area contributed by atoms with E-state index in [1.165, 1.54) is 0 Å². The van der Waals surface area contributed by atoms with Gasteiger partial charge in [0.05, 0.1) is 19.1 Å². The number of benzene rings is 1. The van der Waals surface area contributed by atoms with E-state index in [0.29, 0.717) is 0 Å². The van der Waals surface area contributed by atoms with Gasteiger partial charge >= 0.3 is 11.9 Å². The second-order valence-electron chi connectivity index (χ2n) is 9.25. The van der Waals surface area contributed by atoms with E-state index in [9.17, 15) is 38.7 Å². The number of carboxylic acid groups (broad SMARTS) is 2. The van der Waals surface area contributed by atoms with E-state index in [1.54, 1.807) is 6.20 Å². The van der Waals surface area contributed by atoms with Gasteiger partial charge in [0.1, 0.15) is 24.7 Å². The molecule has 0 aliphatic heterocycles. The Morgan fingerprint density at radius 2 is 1.45 bits per heavy atom. The molecule has 0 radical (unpaired) electrons. The maximum Gasteiger partial charge on any atom is 0.322 e. The van der Waals surface area contributed by atoms with Crippen molar-refractivity contribution in [1.82, 2.24) is 26.3 Å². The molecule has 1 aromatic heterocycles. The molecular weight excluding hydrogens is 558 g/mol. The Balaban J connectivity index is 2.10. The maximum atomic E-state index is 13.0. The highest BCUT2D eigenvalue weighted by atomic mass is 16.4. The van der Waals surface area contributed by atoms with Crippen LogP contribution in [0, 0.1) is 0 Å². The standard InChI is InChI=1S/C25H33N7O10/c26-14(7-12-9-28-15-4-2-1-3-13(12)15)22(39)30-16(5-6-20(35)36)24(41)32-18(11-33)25(42)31-17(8-19(27)34)23(40)29-10-21(37)38/h1-4,9,14,16-18,28,33H,5-8,10-11,26H2,(H2,27,34)(H,29,40)(H,30,39)(H,31,42)(H,32,41)(H,35,36)(H,37,38)/t14-,16-,17+,18-/m0/s1. The van der Waals surface area contributed by atoms with Gasteiger partial charge in [0.25, 0.3) is 0 Å². The van der Waals surface area contributed by atoms with Gasteiger partial charge in [-0.25, -0.2) is 0 Å². The van der Waals surface area contributed by atoms with Crippen molar-refractivity contribution < 1.29 is 48.9 Å². The first-order chi connectivity index (χ1) is 19.8. The van der Waals surface area contributed by atoms with E-state index in [0.717, 1.165) is 16.5 Å². The summed E-state index contributed by atoms with van der Waals surface area (Å²) in [4.78, 5) is 87.0. The Labute approximate surface area is 238 Å². The highest BCUT2D eigenvalue weighted by Crippen LogP contribution is 2.18. The van der Waals surface area contributed by atoms with Crippen molar-refractivity contribution in [2.75, 3.05) is 13.2 Å². The molecular formula is C25H33N7O10. The summed E-state index contributed by atoms with van der Waals surface area (Å²) in [5.41, 5.74) is 12.7. The molecule has 2 rings (SSSR count). The predicted octanol–water partition coefficient (Wildman–Crippen LogP) is -3.57. The third-order valence-electron chi connectivity index (χ3n) is 6.00.